The molecule has 5 nitrogen and oxygen atoms in total. The second-order valence-electron chi connectivity index (χ2n) is 18.2. The topological polar surface area (TPSA) is 60.6 Å². The molecule has 9 rings (SSSR count). The average Bonchev–Trinajstić information content (AvgIpc) is 3.78. The first kappa shape index (κ1) is 42.8. The van der Waals surface area contributed by atoms with Gasteiger partial charge in [-0.3, -0.25) is 4.55 Å². The van der Waals surface area contributed by atoms with Crippen molar-refractivity contribution < 1.29 is 17.5 Å². The third-order valence-electron chi connectivity index (χ3n) is 13.3. The maximum atomic E-state index is 11.7. The lowest BCUT2D eigenvalue weighted by Gasteiger charge is -2.27. The SMILES string of the molecule is CCCCC[N+]1=C(/C=C/C2=C(Sc3ccccc3)C(=C/C=C3/N(CCCCS(=O)(=O)O)c4ccc5ccccc5c4C3(C)C)/c3ccccc32)C(C)(C)c2c1ccc1ccccc21. The molecular formula is C56H57N2O3S2+. The molecule has 6 aromatic rings. The smallest absolute Gasteiger partial charge is 0.264 e. The minimum atomic E-state index is -4.04. The molecule has 0 radical (unpaired) electrons. The molecule has 0 bridgehead atoms. The van der Waals surface area contributed by atoms with E-state index in [1.807, 2.05) is 11.8 Å². The lowest BCUT2D eigenvalue weighted by Crippen LogP contribution is -2.28. The standard InChI is InChI=1S/C56H56N2O3S2/c1-6-7-17-36-57-48-32-28-39-20-11-13-24-42(39)52(48)55(2,3)50(57)34-30-46-44-26-15-16-27-45(44)47(54(46)62-41-22-9-8-10-23-41)31-35-51-56(4,5)53-43-25-14-12-21-40(43)29-33-49(53)58(51)37-18-19-38-63(59,60)61/h8-16,20-35H,6-7,17-19,36-38H2,1-5H3/p+1. The Morgan fingerprint density at radius 1 is 0.667 bits per heavy atom. The summed E-state index contributed by atoms with van der Waals surface area (Å²) in [5, 5.41) is 5.03. The van der Waals surface area contributed by atoms with Gasteiger partial charge >= 0.3 is 0 Å². The summed E-state index contributed by atoms with van der Waals surface area (Å²) in [6.45, 7) is 13.3. The normalized spacial score (nSPS) is 17.8. The summed E-state index contributed by atoms with van der Waals surface area (Å²) in [7, 11) is -4.04. The molecule has 0 aromatic heterocycles. The highest BCUT2D eigenvalue weighted by molar-refractivity contribution is 8.04. The van der Waals surface area contributed by atoms with E-state index < -0.39 is 10.1 Å². The Labute approximate surface area is 378 Å². The number of rotatable bonds is 14. The van der Waals surface area contributed by atoms with Crippen LogP contribution in [0.25, 0.3) is 32.7 Å². The molecule has 320 valence electrons. The van der Waals surface area contributed by atoms with Crippen molar-refractivity contribution in [2.45, 2.75) is 82.4 Å². The van der Waals surface area contributed by atoms with Crippen molar-refractivity contribution in [1.29, 1.82) is 0 Å². The van der Waals surface area contributed by atoms with Crippen molar-refractivity contribution in [3.63, 3.8) is 0 Å². The van der Waals surface area contributed by atoms with Gasteiger partial charge in [0.2, 0.25) is 5.69 Å². The van der Waals surface area contributed by atoms with Gasteiger partial charge in [0, 0.05) is 57.3 Å². The number of fused-ring (bicyclic) bond motifs is 7. The van der Waals surface area contributed by atoms with Crippen LogP contribution in [0.2, 0.25) is 0 Å². The Morgan fingerprint density at radius 3 is 2.03 bits per heavy atom. The number of allylic oxidation sites excluding steroid dienone is 7. The van der Waals surface area contributed by atoms with Crippen LogP contribution in [-0.2, 0) is 20.9 Å². The van der Waals surface area contributed by atoms with Gasteiger partial charge in [-0.05, 0) is 119 Å². The second kappa shape index (κ2) is 17.2. The first-order chi connectivity index (χ1) is 30.4. The van der Waals surface area contributed by atoms with Crippen LogP contribution < -0.4 is 4.90 Å². The van der Waals surface area contributed by atoms with Crippen LogP contribution in [0.4, 0.5) is 11.4 Å². The fraction of sp³-hybridized carbons (Fsp3) is 0.268. The fourth-order valence-corrected chi connectivity index (χ4v) is 12.0. The van der Waals surface area contributed by atoms with Crippen molar-refractivity contribution >= 4 is 71.7 Å². The highest BCUT2D eigenvalue weighted by atomic mass is 32.2. The van der Waals surface area contributed by atoms with E-state index in [2.05, 4.69) is 196 Å². The summed E-state index contributed by atoms with van der Waals surface area (Å²) in [4.78, 5) is 4.77. The van der Waals surface area contributed by atoms with Gasteiger partial charge in [-0.15, -0.1) is 0 Å². The van der Waals surface area contributed by atoms with E-state index in [1.54, 1.807) is 0 Å². The second-order valence-corrected chi connectivity index (χ2v) is 20.8. The Kier molecular flexibility index (Phi) is 11.7. The molecule has 6 aromatic carbocycles. The van der Waals surface area contributed by atoms with E-state index in [4.69, 9.17) is 0 Å². The summed E-state index contributed by atoms with van der Waals surface area (Å²) in [6, 6.07) is 45.9. The number of anilines is 1. The van der Waals surface area contributed by atoms with Crippen LogP contribution in [0.3, 0.4) is 0 Å². The maximum Gasteiger partial charge on any atom is 0.264 e. The van der Waals surface area contributed by atoms with E-state index in [9.17, 15) is 13.0 Å². The summed E-state index contributed by atoms with van der Waals surface area (Å²) in [6.07, 6.45) is 13.9. The monoisotopic (exact) mass is 869 g/mol. The van der Waals surface area contributed by atoms with Crippen molar-refractivity contribution in [2.24, 2.45) is 0 Å². The Hall–Kier alpha value is -5.47. The molecule has 3 aliphatic rings. The summed E-state index contributed by atoms with van der Waals surface area (Å²) in [5.41, 5.74) is 11.9. The van der Waals surface area contributed by atoms with Crippen LogP contribution in [-0.4, -0.2) is 42.1 Å². The van der Waals surface area contributed by atoms with Crippen LogP contribution in [0.5, 0.6) is 0 Å². The average molecular weight is 870 g/mol. The van der Waals surface area contributed by atoms with E-state index in [0.717, 1.165) is 24.4 Å². The predicted molar refractivity (Wildman–Crippen MR) is 267 cm³/mol. The molecule has 0 amide bonds. The van der Waals surface area contributed by atoms with Gasteiger partial charge in [0.25, 0.3) is 10.1 Å². The van der Waals surface area contributed by atoms with E-state index in [-0.39, 0.29) is 16.6 Å². The molecule has 7 heteroatoms. The number of hydrogen-bond donors (Lipinski definition) is 1. The number of benzene rings is 6. The van der Waals surface area contributed by atoms with Gasteiger partial charge in [-0.25, -0.2) is 0 Å². The van der Waals surface area contributed by atoms with Gasteiger partial charge < -0.3 is 4.90 Å². The first-order valence-electron chi connectivity index (χ1n) is 22.5. The lowest BCUT2D eigenvalue weighted by atomic mass is 9.79. The van der Waals surface area contributed by atoms with Gasteiger partial charge in [-0.2, -0.15) is 13.0 Å². The molecule has 63 heavy (non-hydrogen) atoms. The highest BCUT2D eigenvalue weighted by Gasteiger charge is 2.46. The fourth-order valence-electron chi connectivity index (χ4n) is 10.3. The van der Waals surface area contributed by atoms with Gasteiger partial charge in [0.15, 0.2) is 5.71 Å². The number of thioether (sulfide) groups is 1. The molecule has 0 spiro atoms. The minimum Gasteiger partial charge on any atom is -0.344 e. The summed E-state index contributed by atoms with van der Waals surface area (Å²) < 4.78 is 35.6. The molecule has 2 heterocycles. The molecule has 0 atom stereocenters. The minimum absolute atomic E-state index is 0.217. The first-order valence-corrected chi connectivity index (χ1v) is 24.9. The molecular weight excluding hydrogens is 813 g/mol. The van der Waals surface area contributed by atoms with Crippen LogP contribution in [0.1, 0.15) is 89.0 Å². The molecule has 0 saturated heterocycles. The van der Waals surface area contributed by atoms with Crippen LogP contribution >= 0.6 is 11.8 Å². The van der Waals surface area contributed by atoms with Crippen LogP contribution in [0.15, 0.2) is 167 Å². The number of hydrogen-bond acceptors (Lipinski definition) is 4. The quantitative estimate of drug-likeness (QED) is 0.0671. The van der Waals surface area contributed by atoms with Crippen molar-refractivity contribution in [2.75, 3.05) is 23.7 Å². The molecule has 1 N–H and O–H groups in total. The zero-order valence-electron chi connectivity index (χ0n) is 37.1. The summed E-state index contributed by atoms with van der Waals surface area (Å²) >= 11 is 1.82. The van der Waals surface area contributed by atoms with Gasteiger partial charge in [0.1, 0.15) is 6.54 Å². The largest absolute Gasteiger partial charge is 0.344 e. The van der Waals surface area contributed by atoms with E-state index >= 15 is 0 Å². The Bertz CT molecular complexity index is 3030. The Balaban J connectivity index is 1.20. The van der Waals surface area contributed by atoms with Crippen LogP contribution in [0, 0.1) is 0 Å². The third-order valence-corrected chi connectivity index (χ3v) is 15.3. The summed E-state index contributed by atoms with van der Waals surface area (Å²) in [5.74, 6) is -0.245. The number of unbranched alkanes of at least 4 members (excludes halogenated alkanes) is 3. The molecule has 0 saturated carbocycles. The number of nitrogens with zero attached hydrogens (tertiary/aromatic N) is 2. The Morgan fingerprint density at radius 2 is 1.32 bits per heavy atom. The maximum absolute atomic E-state index is 11.7. The predicted octanol–water partition coefficient (Wildman–Crippen LogP) is 14.1. The molecule has 1 aliphatic carbocycles. The molecule has 2 aliphatic heterocycles. The molecule has 0 fully saturated rings. The van der Waals surface area contributed by atoms with E-state index in [1.165, 1.54) is 89.0 Å². The lowest BCUT2D eigenvalue weighted by molar-refractivity contribution is -0.438. The van der Waals surface area contributed by atoms with Crippen molar-refractivity contribution in [1.82, 2.24) is 0 Å². The van der Waals surface area contributed by atoms with Crippen molar-refractivity contribution in [3.8, 4) is 0 Å². The third kappa shape index (κ3) is 8.05. The molecule has 0 unspecified atom stereocenters. The zero-order valence-corrected chi connectivity index (χ0v) is 38.7. The highest BCUT2D eigenvalue weighted by Crippen LogP contribution is 2.53. The van der Waals surface area contributed by atoms with E-state index in [0.29, 0.717) is 19.4 Å². The van der Waals surface area contributed by atoms with Crippen molar-refractivity contribution in [3.05, 3.63) is 185 Å². The van der Waals surface area contributed by atoms with Gasteiger partial charge in [0.05, 0.1) is 11.2 Å². The zero-order chi connectivity index (χ0) is 43.9. The van der Waals surface area contributed by atoms with Gasteiger partial charge in [-0.1, -0.05) is 142 Å².